The number of amides is 2. The summed E-state index contributed by atoms with van der Waals surface area (Å²) in [6.45, 7) is 4.26. The van der Waals surface area contributed by atoms with Crippen LogP contribution in [-0.2, 0) is 0 Å². The highest BCUT2D eigenvalue weighted by atomic mass is 32.2. The molecular formula is C15H22N2OS. The van der Waals surface area contributed by atoms with Gasteiger partial charge >= 0.3 is 6.03 Å². The van der Waals surface area contributed by atoms with E-state index in [9.17, 15) is 4.79 Å². The fourth-order valence-electron chi connectivity index (χ4n) is 2.71. The van der Waals surface area contributed by atoms with Gasteiger partial charge in [0.05, 0.1) is 0 Å². The van der Waals surface area contributed by atoms with Crippen molar-refractivity contribution < 1.29 is 4.79 Å². The van der Waals surface area contributed by atoms with Crippen LogP contribution in [0.25, 0.3) is 0 Å². The van der Waals surface area contributed by atoms with Crippen molar-refractivity contribution in [3.8, 4) is 0 Å². The first-order valence-corrected chi connectivity index (χ1v) is 8.07. The first-order chi connectivity index (χ1) is 9.11. The van der Waals surface area contributed by atoms with Crippen molar-refractivity contribution in [3.63, 3.8) is 0 Å². The lowest BCUT2D eigenvalue weighted by Crippen LogP contribution is -2.49. The highest BCUT2D eigenvalue weighted by molar-refractivity contribution is 7.98. The number of likely N-dealkylation sites (tertiary alicyclic amines) is 1. The fraction of sp³-hybridized carbons (Fsp3) is 0.533. The summed E-state index contributed by atoms with van der Waals surface area (Å²) in [4.78, 5) is 15.5. The van der Waals surface area contributed by atoms with Crippen molar-refractivity contribution in [2.45, 2.75) is 50.1 Å². The van der Waals surface area contributed by atoms with E-state index in [4.69, 9.17) is 0 Å². The molecule has 4 heteroatoms. The lowest BCUT2D eigenvalue weighted by molar-refractivity contribution is 0.133. The number of urea groups is 1. The van der Waals surface area contributed by atoms with Gasteiger partial charge in [0.15, 0.2) is 0 Å². The Morgan fingerprint density at radius 2 is 2.00 bits per heavy atom. The molecule has 2 rings (SSSR count). The molecule has 104 valence electrons. The van der Waals surface area contributed by atoms with E-state index in [2.05, 4.69) is 19.2 Å². The average Bonchev–Trinajstić information content (AvgIpc) is 2.38. The second-order valence-electron chi connectivity index (χ2n) is 5.20. The van der Waals surface area contributed by atoms with E-state index in [1.807, 2.05) is 35.4 Å². The summed E-state index contributed by atoms with van der Waals surface area (Å²) >= 11 is 1.68. The van der Waals surface area contributed by atoms with Gasteiger partial charge in [0.2, 0.25) is 0 Å². The van der Waals surface area contributed by atoms with Gasteiger partial charge in [-0.3, -0.25) is 0 Å². The molecule has 1 N–H and O–H groups in total. The highest BCUT2D eigenvalue weighted by Gasteiger charge is 2.28. The molecule has 1 aliphatic rings. The molecular weight excluding hydrogens is 256 g/mol. The highest BCUT2D eigenvalue weighted by Crippen LogP contribution is 2.24. The van der Waals surface area contributed by atoms with Crippen LogP contribution in [0.15, 0.2) is 29.2 Å². The van der Waals surface area contributed by atoms with E-state index in [-0.39, 0.29) is 6.03 Å². The van der Waals surface area contributed by atoms with Crippen LogP contribution in [-0.4, -0.2) is 29.3 Å². The maximum Gasteiger partial charge on any atom is 0.322 e. The second-order valence-corrected chi connectivity index (χ2v) is 6.08. The van der Waals surface area contributed by atoms with Gasteiger partial charge in [-0.05, 0) is 57.6 Å². The molecule has 1 aromatic carbocycles. The molecule has 0 unspecified atom stereocenters. The summed E-state index contributed by atoms with van der Waals surface area (Å²) in [6, 6.07) is 8.66. The molecule has 0 saturated carbocycles. The number of piperidine rings is 1. The Balaban J connectivity index is 2.07. The largest absolute Gasteiger partial charge is 0.322 e. The van der Waals surface area contributed by atoms with Crippen LogP contribution < -0.4 is 5.32 Å². The number of hydrogen-bond acceptors (Lipinski definition) is 2. The van der Waals surface area contributed by atoms with Crippen LogP contribution in [0.1, 0.15) is 33.1 Å². The molecule has 0 spiro atoms. The Morgan fingerprint density at radius 3 is 2.63 bits per heavy atom. The molecule has 2 atom stereocenters. The van der Waals surface area contributed by atoms with Crippen molar-refractivity contribution in [2.75, 3.05) is 11.6 Å². The van der Waals surface area contributed by atoms with E-state index in [1.165, 1.54) is 6.42 Å². The minimum absolute atomic E-state index is 0.0259. The number of carbonyl (C=O) groups excluding carboxylic acids is 1. The second kappa shape index (κ2) is 6.33. The lowest BCUT2D eigenvalue weighted by atomic mass is 9.98. The molecule has 1 fully saturated rings. The summed E-state index contributed by atoms with van der Waals surface area (Å²) in [5.74, 6) is 0. The molecule has 1 saturated heterocycles. The minimum atomic E-state index is 0.0259. The molecule has 1 aromatic rings. The van der Waals surface area contributed by atoms with Gasteiger partial charge in [0.25, 0.3) is 0 Å². The molecule has 0 radical (unpaired) electrons. The van der Waals surface area contributed by atoms with Crippen LogP contribution in [0.5, 0.6) is 0 Å². The first kappa shape index (κ1) is 14.3. The minimum Gasteiger partial charge on any atom is -0.319 e. The number of rotatable bonds is 2. The number of carbonyl (C=O) groups is 1. The van der Waals surface area contributed by atoms with Gasteiger partial charge in [0, 0.05) is 22.7 Å². The number of anilines is 1. The molecule has 1 heterocycles. The number of hydrogen-bond donors (Lipinski definition) is 1. The maximum atomic E-state index is 12.4. The molecule has 19 heavy (non-hydrogen) atoms. The van der Waals surface area contributed by atoms with Gasteiger partial charge in [-0.25, -0.2) is 4.79 Å². The van der Waals surface area contributed by atoms with E-state index in [0.29, 0.717) is 12.1 Å². The third-order valence-electron chi connectivity index (χ3n) is 3.75. The van der Waals surface area contributed by atoms with Gasteiger partial charge in [0.1, 0.15) is 0 Å². The van der Waals surface area contributed by atoms with Gasteiger partial charge < -0.3 is 10.2 Å². The van der Waals surface area contributed by atoms with Crippen LogP contribution in [0, 0.1) is 0 Å². The lowest BCUT2D eigenvalue weighted by Gasteiger charge is -2.38. The average molecular weight is 278 g/mol. The smallest absolute Gasteiger partial charge is 0.319 e. The Morgan fingerprint density at radius 1 is 1.32 bits per heavy atom. The molecule has 3 nitrogen and oxygen atoms in total. The van der Waals surface area contributed by atoms with Crippen LogP contribution in [0.3, 0.4) is 0 Å². The van der Waals surface area contributed by atoms with Crippen LogP contribution >= 0.6 is 11.8 Å². The van der Waals surface area contributed by atoms with Crippen molar-refractivity contribution in [1.29, 1.82) is 0 Å². The molecule has 1 aliphatic heterocycles. The zero-order valence-corrected chi connectivity index (χ0v) is 12.7. The van der Waals surface area contributed by atoms with Crippen molar-refractivity contribution in [1.82, 2.24) is 4.90 Å². The van der Waals surface area contributed by atoms with E-state index < -0.39 is 0 Å². The Hall–Kier alpha value is -1.16. The first-order valence-electron chi connectivity index (χ1n) is 6.85. The number of benzene rings is 1. The SMILES string of the molecule is CSc1cccc(NC(=O)N2[C@H](C)CCC[C@H]2C)c1. The quantitative estimate of drug-likeness (QED) is 0.822. The molecule has 2 amide bonds. The van der Waals surface area contributed by atoms with E-state index in [0.717, 1.165) is 23.4 Å². The predicted molar refractivity (Wildman–Crippen MR) is 81.9 cm³/mol. The van der Waals surface area contributed by atoms with E-state index >= 15 is 0 Å². The summed E-state index contributed by atoms with van der Waals surface area (Å²) in [5, 5.41) is 3.02. The number of nitrogens with zero attached hydrogens (tertiary/aromatic N) is 1. The number of nitrogens with one attached hydrogen (secondary N) is 1. The standard InChI is InChI=1S/C15H22N2OS/c1-11-6-4-7-12(2)17(11)15(18)16-13-8-5-9-14(10-13)19-3/h5,8-12H,4,6-7H2,1-3H3,(H,16,18)/t11-,12-/m1/s1. The zero-order chi connectivity index (χ0) is 13.8. The van der Waals surface area contributed by atoms with Gasteiger partial charge in [-0.15, -0.1) is 11.8 Å². The Bertz CT molecular complexity index is 440. The summed E-state index contributed by atoms with van der Waals surface area (Å²) in [5.41, 5.74) is 0.877. The van der Waals surface area contributed by atoms with E-state index in [1.54, 1.807) is 11.8 Å². The summed E-state index contributed by atoms with van der Waals surface area (Å²) < 4.78 is 0. The topological polar surface area (TPSA) is 32.3 Å². The summed E-state index contributed by atoms with van der Waals surface area (Å²) in [6.07, 6.45) is 5.45. The third-order valence-corrected chi connectivity index (χ3v) is 4.47. The summed E-state index contributed by atoms with van der Waals surface area (Å²) in [7, 11) is 0. The Kier molecular flexibility index (Phi) is 4.75. The van der Waals surface area contributed by atoms with Crippen LogP contribution in [0.2, 0.25) is 0 Å². The zero-order valence-electron chi connectivity index (χ0n) is 11.8. The number of thioether (sulfide) groups is 1. The fourth-order valence-corrected chi connectivity index (χ4v) is 3.17. The van der Waals surface area contributed by atoms with Crippen molar-refractivity contribution in [2.24, 2.45) is 0 Å². The van der Waals surface area contributed by atoms with Gasteiger partial charge in [-0.2, -0.15) is 0 Å². The van der Waals surface area contributed by atoms with Gasteiger partial charge in [-0.1, -0.05) is 6.07 Å². The monoisotopic (exact) mass is 278 g/mol. The predicted octanol–water partition coefficient (Wildman–Crippen LogP) is 4.20. The van der Waals surface area contributed by atoms with Crippen molar-refractivity contribution >= 4 is 23.5 Å². The molecule has 0 aliphatic carbocycles. The normalized spacial score (nSPS) is 23.2. The molecule has 0 aromatic heterocycles. The third kappa shape index (κ3) is 3.44. The van der Waals surface area contributed by atoms with Crippen LogP contribution in [0.4, 0.5) is 10.5 Å². The van der Waals surface area contributed by atoms with Crippen molar-refractivity contribution in [3.05, 3.63) is 24.3 Å². The molecule has 0 bridgehead atoms. The maximum absolute atomic E-state index is 12.4. The Labute approximate surface area is 119 Å².